The summed E-state index contributed by atoms with van der Waals surface area (Å²) in [5.74, 6) is 1.92. The molecule has 1 atom stereocenters. The zero-order chi connectivity index (χ0) is 18.1. The van der Waals surface area contributed by atoms with E-state index in [1.54, 1.807) is 14.2 Å². The van der Waals surface area contributed by atoms with Gasteiger partial charge >= 0.3 is 0 Å². The summed E-state index contributed by atoms with van der Waals surface area (Å²) in [5, 5.41) is 10.2. The van der Waals surface area contributed by atoms with Crippen molar-refractivity contribution < 1.29 is 19.3 Å². The van der Waals surface area contributed by atoms with Crippen LogP contribution in [-0.2, 0) is 11.3 Å². The first-order valence-corrected chi connectivity index (χ1v) is 8.58. The Balaban J connectivity index is 2.65. The molecule has 0 aliphatic heterocycles. The summed E-state index contributed by atoms with van der Waals surface area (Å²) in [4.78, 5) is 2.23. The maximum Gasteiger partial charge on any atom is 0.161 e. The first-order chi connectivity index (χ1) is 11.4. The lowest BCUT2D eigenvalue weighted by Gasteiger charge is -2.29. The zero-order valence-corrected chi connectivity index (χ0v) is 15.9. The average Bonchev–Trinajstić information content (AvgIpc) is 2.53. The van der Waals surface area contributed by atoms with Gasteiger partial charge in [-0.2, -0.15) is 0 Å². The van der Waals surface area contributed by atoms with Crippen LogP contribution in [0.3, 0.4) is 0 Å². The molecule has 1 rings (SSSR count). The highest BCUT2D eigenvalue weighted by Gasteiger charge is 2.16. The van der Waals surface area contributed by atoms with E-state index in [0.717, 1.165) is 23.6 Å². The number of aliphatic hydroxyl groups excluding tert-OH is 1. The molecule has 0 aromatic heterocycles. The van der Waals surface area contributed by atoms with Crippen LogP contribution in [0.15, 0.2) is 18.2 Å². The van der Waals surface area contributed by atoms with Crippen molar-refractivity contribution >= 4 is 0 Å². The van der Waals surface area contributed by atoms with Crippen LogP contribution in [-0.4, -0.2) is 56.1 Å². The maximum atomic E-state index is 10.2. The summed E-state index contributed by atoms with van der Waals surface area (Å²) in [6, 6.07) is 6.24. The van der Waals surface area contributed by atoms with E-state index >= 15 is 0 Å². The summed E-state index contributed by atoms with van der Waals surface area (Å²) in [5.41, 5.74) is 1.12. The Kier molecular flexibility index (Phi) is 9.11. The van der Waals surface area contributed by atoms with E-state index in [4.69, 9.17) is 14.2 Å². The van der Waals surface area contributed by atoms with E-state index in [-0.39, 0.29) is 0 Å². The molecule has 1 aromatic rings. The molecule has 0 saturated heterocycles. The lowest BCUT2D eigenvalue weighted by Crippen LogP contribution is -2.39. The molecule has 0 spiro atoms. The molecule has 1 aromatic carbocycles. The molecule has 0 aliphatic rings. The molecule has 0 aliphatic carbocycles. The summed E-state index contributed by atoms with van der Waals surface area (Å²) in [7, 11) is 3.27. The van der Waals surface area contributed by atoms with Gasteiger partial charge in [0.05, 0.1) is 26.9 Å². The zero-order valence-electron chi connectivity index (χ0n) is 15.9. The number of hydrogen-bond donors (Lipinski definition) is 1. The van der Waals surface area contributed by atoms with Gasteiger partial charge < -0.3 is 19.3 Å². The minimum Gasteiger partial charge on any atom is -0.493 e. The fraction of sp³-hybridized carbons (Fsp3) is 0.684. The molecule has 0 heterocycles. The van der Waals surface area contributed by atoms with Crippen LogP contribution in [0.25, 0.3) is 0 Å². The Labute approximate surface area is 146 Å². The van der Waals surface area contributed by atoms with Crippen LogP contribution in [0.4, 0.5) is 0 Å². The van der Waals surface area contributed by atoms with Crippen molar-refractivity contribution in [3.63, 3.8) is 0 Å². The fourth-order valence-electron chi connectivity index (χ4n) is 2.43. The van der Waals surface area contributed by atoms with Crippen LogP contribution in [0.5, 0.6) is 11.5 Å². The van der Waals surface area contributed by atoms with Crippen molar-refractivity contribution in [1.82, 2.24) is 4.90 Å². The number of ether oxygens (including phenoxy) is 3. The Bertz CT molecular complexity index is 476. The second-order valence-electron chi connectivity index (χ2n) is 6.80. The van der Waals surface area contributed by atoms with E-state index in [1.807, 2.05) is 18.2 Å². The van der Waals surface area contributed by atoms with Crippen molar-refractivity contribution in [3.8, 4) is 11.5 Å². The predicted octanol–water partition coefficient (Wildman–Crippen LogP) is 2.95. The van der Waals surface area contributed by atoms with Gasteiger partial charge in [-0.25, -0.2) is 0 Å². The molecule has 1 N–H and O–H groups in total. The molecule has 138 valence electrons. The Morgan fingerprint density at radius 2 is 1.67 bits per heavy atom. The van der Waals surface area contributed by atoms with Crippen molar-refractivity contribution in [3.05, 3.63) is 23.8 Å². The van der Waals surface area contributed by atoms with Gasteiger partial charge in [-0.15, -0.1) is 0 Å². The minimum absolute atomic E-state index is 0.317. The monoisotopic (exact) mass is 339 g/mol. The van der Waals surface area contributed by atoms with Crippen molar-refractivity contribution in [1.29, 1.82) is 0 Å². The molecule has 24 heavy (non-hydrogen) atoms. The quantitative estimate of drug-likeness (QED) is 0.672. The third-order valence-corrected chi connectivity index (χ3v) is 3.77. The largest absolute Gasteiger partial charge is 0.493 e. The number of hydrogen-bond acceptors (Lipinski definition) is 5. The molecule has 0 bridgehead atoms. The normalized spacial score (nSPS) is 12.9. The molecular formula is C19H33NO4. The smallest absolute Gasteiger partial charge is 0.161 e. The SMILES string of the molecule is COc1ccc(CN(C[C@@H](O)COCC(C)C)C(C)C)cc1OC. The average molecular weight is 339 g/mol. The topological polar surface area (TPSA) is 51.2 Å². The Morgan fingerprint density at radius 1 is 1.00 bits per heavy atom. The van der Waals surface area contributed by atoms with Crippen LogP contribution in [0.2, 0.25) is 0 Å². The van der Waals surface area contributed by atoms with Gasteiger partial charge in [0.1, 0.15) is 0 Å². The summed E-state index contributed by atoms with van der Waals surface area (Å²) < 4.78 is 16.2. The molecule has 5 heteroatoms. The second kappa shape index (κ2) is 10.5. The highest BCUT2D eigenvalue weighted by Crippen LogP contribution is 2.28. The maximum absolute atomic E-state index is 10.2. The van der Waals surface area contributed by atoms with Gasteiger partial charge in [-0.1, -0.05) is 19.9 Å². The van der Waals surface area contributed by atoms with E-state index in [9.17, 15) is 5.11 Å². The number of benzene rings is 1. The predicted molar refractivity (Wildman–Crippen MR) is 96.8 cm³/mol. The second-order valence-corrected chi connectivity index (χ2v) is 6.80. The van der Waals surface area contributed by atoms with Crippen LogP contribution >= 0.6 is 0 Å². The Morgan fingerprint density at radius 3 is 2.21 bits per heavy atom. The molecular weight excluding hydrogens is 306 g/mol. The van der Waals surface area contributed by atoms with Gasteiger partial charge in [-0.05, 0) is 37.5 Å². The molecule has 0 unspecified atom stereocenters. The molecule has 0 radical (unpaired) electrons. The number of nitrogens with zero attached hydrogens (tertiary/aromatic N) is 1. The number of aliphatic hydroxyl groups is 1. The van der Waals surface area contributed by atoms with Gasteiger partial charge in [-0.3, -0.25) is 4.90 Å². The molecule has 0 fully saturated rings. The highest BCUT2D eigenvalue weighted by molar-refractivity contribution is 5.42. The van der Waals surface area contributed by atoms with Gasteiger partial charge in [0.25, 0.3) is 0 Å². The van der Waals surface area contributed by atoms with Gasteiger partial charge in [0, 0.05) is 25.7 Å². The third-order valence-electron chi connectivity index (χ3n) is 3.77. The molecule has 0 saturated carbocycles. The molecule has 0 amide bonds. The van der Waals surface area contributed by atoms with Crippen molar-refractivity contribution in [2.75, 3.05) is 34.0 Å². The minimum atomic E-state index is -0.494. The van der Waals surface area contributed by atoms with E-state index in [1.165, 1.54) is 0 Å². The summed E-state index contributed by atoms with van der Waals surface area (Å²) >= 11 is 0. The van der Waals surface area contributed by atoms with Gasteiger partial charge in [0.2, 0.25) is 0 Å². The van der Waals surface area contributed by atoms with Gasteiger partial charge in [0.15, 0.2) is 11.5 Å². The van der Waals surface area contributed by atoms with Crippen molar-refractivity contribution in [2.45, 2.75) is 46.4 Å². The number of methoxy groups -OCH3 is 2. The fourth-order valence-corrected chi connectivity index (χ4v) is 2.43. The first-order valence-electron chi connectivity index (χ1n) is 8.58. The third kappa shape index (κ3) is 7.07. The lowest BCUT2D eigenvalue weighted by atomic mass is 10.1. The van der Waals surface area contributed by atoms with E-state index in [2.05, 4.69) is 32.6 Å². The number of rotatable bonds is 11. The van der Waals surface area contributed by atoms with Crippen LogP contribution in [0.1, 0.15) is 33.3 Å². The van der Waals surface area contributed by atoms with Crippen LogP contribution < -0.4 is 9.47 Å². The van der Waals surface area contributed by atoms with Crippen molar-refractivity contribution in [2.24, 2.45) is 5.92 Å². The van der Waals surface area contributed by atoms with Crippen LogP contribution in [0, 0.1) is 5.92 Å². The Hall–Kier alpha value is -1.30. The first kappa shape index (κ1) is 20.7. The molecule has 5 nitrogen and oxygen atoms in total. The standard InChI is InChI=1S/C19H33NO4/c1-14(2)12-24-13-17(21)11-20(15(3)4)10-16-7-8-18(22-5)19(9-16)23-6/h7-9,14-15,17,21H,10-13H2,1-6H3/t17-/m1/s1. The summed E-state index contributed by atoms with van der Waals surface area (Å²) in [6.45, 7) is 10.8. The summed E-state index contributed by atoms with van der Waals surface area (Å²) in [6.07, 6.45) is -0.494. The van der Waals surface area contributed by atoms with E-state index in [0.29, 0.717) is 31.7 Å². The van der Waals surface area contributed by atoms with E-state index < -0.39 is 6.10 Å². The highest BCUT2D eigenvalue weighted by atomic mass is 16.5. The lowest BCUT2D eigenvalue weighted by molar-refractivity contribution is 0.00173.